The topological polar surface area (TPSA) is 73.2 Å². The van der Waals surface area contributed by atoms with Crippen LogP contribution < -0.4 is 10.2 Å². The Morgan fingerprint density at radius 3 is 2.53 bits per heavy atom. The summed E-state index contributed by atoms with van der Waals surface area (Å²) in [5, 5.41) is 11.2. The number of piperazine rings is 1. The standard InChI is InChI=1S/C11H8BrN3O2/c12-8-2-1-7(4-13)9(3-8)15-5-10(16)14-11(17)6-15/h1-3H,5-6H2,(H,14,16,17). The predicted molar refractivity (Wildman–Crippen MR) is 64.2 cm³/mol. The Morgan fingerprint density at radius 2 is 1.94 bits per heavy atom. The fourth-order valence-corrected chi connectivity index (χ4v) is 2.02. The Bertz CT molecular complexity index is 520. The number of nitrogens with zero attached hydrogens (tertiary/aromatic N) is 2. The monoisotopic (exact) mass is 293 g/mol. The highest BCUT2D eigenvalue weighted by atomic mass is 79.9. The Hall–Kier alpha value is -1.87. The first kappa shape index (κ1) is 11.6. The number of imide groups is 1. The highest BCUT2D eigenvalue weighted by Gasteiger charge is 2.24. The van der Waals surface area contributed by atoms with E-state index in [-0.39, 0.29) is 24.9 Å². The van der Waals surface area contributed by atoms with Gasteiger partial charge in [-0.25, -0.2) is 0 Å². The van der Waals surface area contributed by atoms with Crippen LogP contribution in [0.5, 0.6) is 0 Å². The van der Waals surface area contributed by atoms with Crippen molar-refractivity contribution in [3.8, 4) is 6.07 Å². The third kappa shape index (κ3) is 2.45. The number of halogens is 1. The molecule has 0 spiro atoms. The van der Waals surface area contributed by atoms with Crippen molar-refractivity contribution in [1.82, 2.24) is 5.32 Å². The van der Waals surface area contributed by atoms with Crippen molar-refractivity contribution in [3.63, 3.8) is 0 Å². The van der Waals surface area contributed by atoms with E-state index in [0.717, 1.165) is 4.47 Å². The molecule has 2 rings (SSSR count). The van der Waals surface area contributed by atoms with E-state index in [1.54, 1.807) is 23.1 Å². The summed E-state index contributed by atoms with van der Waals surface area (Å²) in [6.07, 6.45) is 0. The van der Waals surface area contributed by atoms with Crippen LogP contribution in [0.25, 0.3) is 0 Å². The molecule has 0 unspecified atom stereocenters. The van der Waals surface area contributed by atoms with Crippen molar-refractivity contribution >= 4 is 33.4 Å². The zero-order chi connectivity index (χ0) is 12.4. The summed E-state index contributed by atoms with van der Waals surface area (Å²) < 4.78 is 0.796. The van der Waals surface area contributed by atoms with Crippen LogP contribution >= 0.6 is 15.9 Å². The largest absolute Gasteiger partial charge is 0.352 e. The predicted octanol–water partition coefficient (Wildman–Crippen LogP) is 0.784. The molecule has 0 saturated carbocycles. The van der Waals surface area contributed by atoms with Crippen molar-refractivity contribution in [3.05, 3.63) is 28.2 Å². The molecule has 0 aromatic heterocycles. The molecule has 1 fully saturated rings. The van der Waals surface area contributed by atoms with E-state index in [2.05, 4.69) is 21.2 Å². The lowest BCUT2D eigenvalue weighted by Gasteiger charge is -2.28. The third-order valence-corrected chi connectivity index (χ3v) is 2.86. The molecule has 86 valence electrons. The number of nitriles is 1. The average Bonchev–Trinajstić information content (AvgIpc) is 2.27. The lowest BCUT2D eigenvalue weighted by Crippen LogP contribution is -2.51. The first-order valence-corrected chi connectivity index (χ1v) is 5.67. The first-order chi connectivity index (χ1) is 8.10. The van der Waals surface area contributed by atoms with Crippen LogP contribution in [0.3, 0.4) is 0 Å². The second-order valence-electron chi connectivity index (χ2n) is 3.60. The quantitative estimate of drug-likeness (QED) is 0.777. The maximum absolute atomic E-state index is 11.3. The Morgan fingerprint density at radius 1 is 1.29 bits per heavy atom. The number of carbonyl (C=O) groups excluding carboxylic acids is 2. The maximum Gasteiger partial charge on any atom is 0.246 e. The second-order valence-corrected chi connectivity index (χ2v) is 4.52. The minimum atomic E-state index is -0.356. The van der Waals surface area contributed by atoms with Gasteiger partial charge in [-0.05, 0) is 18.2 Å². The van der Waals surface area contributed by atoms with Crippen LogP contribution in [0.4, 0.5) is 5.69 Å². The van der Waals surface area contributed by atoms with Crippen LogP contribution in [-0.4, -0.2) is 24.9 Å². The smallest absolute Gasteiger partial charge is 0.246 e. The molecule has 0 atom stereocenters. The molecule has 2 amide bonds. The lowest BCUT2D eigenvalue weighted by molar-refractivity contribution is -0.130. The maximum atomic E-state index is 11.3. The summed E-state index contributed by atoms with van der Waals surface area (Å²) in [6, 6.07) is 7.16. The van der Waals surface area contributed by atoms with E-state index in [4.69, 9.17) is 5.26 Å². The van der Waals surface area contributed by atoms with Crippen LogP contribution in [0, 0.1) is 11.3 Å². The van der Waals surface area contributed by atoms with Crippen LogP contribution in [-0.2, 0) is 9.59 Å². The second kappa shape index (κ2) is 4.55. The SMILES string of the molecule is N#Cc1ccc(Br)cc1N1CC(=O)NC(=O)C1. The molecule has 17 heavy (non-hydrogen) atoms. The van der Waals surface area contributed by atoms with Crippen molar-refractivity contribution in [2.24, 2.45) is 0 Å². The van der Waals surface area contributed by atoms with Gasteiger partial charge < -0.3 is 4.90 Å². The van der Waals surface area contributed by atoms with Crippen molar-refractivity contribution in [2.75, 3.05) is 18.0 Å². The lowest BCUT2D eigenvalue weighted by atomic mass is 10.1. The number of hydrogen-bond donors (Lipinski definition) is 1. The third-order valence-electron chi connectivity index (χ3n) is 2.37. The van der Waals surface area contributed by atoms with Gasteiger partial charge in [0.1, 0.15) is 6.07 Å². The average molecular weight is 294 g/mol. The highest BCUT2D eigenvalue weighted by molar-refractivity contribution is 9.10. The molecule has 0 aliphatic carbocycles. The van der Waals surface area contributed by atoms with Gasteiger partial charge in [0.25, 0.3) is 0 Å². The zero-order valence-electron chi connectivity index (χ0n) is 8.74. The van der Waals surface area contributed by atoms with Gasteiger partial charge in [-0.2, -0.15) is 5.26 Å². The molecule has 1 N–H and O–H groups in total. The van der Waals surface area contributed by atoms with Gasteiger partial charge in [0.15, 0.2) is 0 Å². The normalized spacial score (nSPS) is 15.4. The summed E-state index contributed by atoms with van der Waals surface area (Å²) in [4.78, 5) is 24.1. The van der Waals surface area contributed by atoms with E-state index in [1.165, 1.54) is 0 Å². The fraction of sp³-hybridized carbons (Fsp3) is 0.182. The molecule has 1 aromatic rings. The number of carbonyl (C=O) groups is 2. The summed E-state index contributed by atoms with van der Waals surface area (Å²) >= 11 is 3.30. The molecule has 1 aromatic carbocycles. The minimum absolute atomic E-state index is 0.0802. The molecule has 1 aliphatic rings. The molecule has 0 radical (unpaired) electrons. The number of benzene rings is 1. The molecule has 1 saturated heterocycles. The van der Waals surface area contributed by atoms with Gasteiger partial charge in [0.2, 0.25) is 11.8 Å². The van der Waals surface area contributed by atoms with Gasteiger partial charge >= 0.3 is 0 Å². The highest BCUT2D eigenvalue weighted by Crippen LogP contribution is 2.25. The van der Waals surface area contributed by atoms with Crippen molar-refractivity contribution < 1.29 is 9.59 Å². The molecule has 0 bridgehead atoms. The van der Waals surface area contributed by atoms with E-state index < -0.39 is 0 Å². The van der Waals surface area contributed by atoms with E-state index in [0.29, 0.717) is 11.3 Å². The van der Waals surface area contributed by atoms with Gasteiger partial charge in [-0.1, -0.05) is 15.9 Å². The number of amides is 2. The fourth-order valence-electron chi connectivity index (χ4n) is 1.67. The van der Waals surface area contributed by atoms with E-state index in [1.807, 2.05) is 6.07 Å². The first-order valence-electron chi connectivity index (χ1n) is 4.87. The Kier molecular flexibility index (Phi) is 3.11. The molecule has 6 heteroatoms. The summed E-state index contributed by atoms with van der Waals surface area (Å²) in [5.74, 6) is -0.713. The summed E-state index contributed by atoms with van der Waals surface area (Å²) in [5.41, 5.74) is 1.03. The van der Waals surface area contributed by atoms with Crippen LogP contribution in [0.1, 0.15) is 5.56 Å². The van der Waals surface area contributed by atoms with Gasteiger partial charge in [-0.15, -0.1) is 0 Å². The molecular weight excluding hydrogens is 286 g/mol. The van der Waals surface area contributed by atoms with Gasteiger partial charge in [0.05, 0.1) is 24.3 Å². The molecule has 1 heterocycles. The van der Waals surface area contributed by atoms with Crippen molar-refractivity contribution in [2.45, 2.75) is 0 Å². The Balaban J connectivity index is 2.39. The number of rotatable bonds is 1. The van der Waals surface area contributed by atoms with E-state index >= 15 is 0 Å². The number of nitrogens with one attached hydrogen (secondary N) is 1. The summed E-state index contributed by atoms with van der Waals surface area (Å²) in [6.45, 7) is 0.160. The summed E-state index contributed by atoms with van der Waals surface area (Å²) in [7, 11) is 0. The van der Waals surface area contributed by atoms with Crippen LogP contribution in [0.2, 0.25) is 0 Å². The number of hydrogen-bond acceptors (Lipinski definition) is 4. The molecule has 1 aliphatic heterocycles. The van der Waals surface area contributed by atoms with Gasteiger partial charge in [-0.3, -0.25) is 14.9 Å². The van der Waals surface area contributed by atoms with E-state index in [9.17, 15) is 9.59 Å². The van der Waals surface area contributed by atoms with Gasteiger partial charge in [0, 0.05) is 4.47 Å². The minimum Gasteiger partial charge on any atom is -0.352 e. The van der Waals surface area contributed by atoms with Crippen molar-refractivity contribution in [1.29, 1.82) is 5.26 Å². The zero-order valence-corrected chi connectivity index (χ0v) is 10.3. The molecule has 5 nitrogen and oxygen atoms in total. The number of anilines is 1. The van der Waals surface area contributed by atoms with Crippen LogP contribution in [0.15, 0.2) is 22.7 Å². The molecular formula is C11H8BrN3O2. The Labute approximate surface area is 106 Å².